The van der Waals surface area contributed by atoms with Crippen LogP contribution in [0.1, 0.15) is 0 Å². The van der Waals surface area contributed by atoms with E-state index in [-0.39, 0.29) is 12.4 Å². The molecule has 1 heterocycles. The summed E-state index contributed by atoms with van der Waals surface area (Å²) in [6.07, 6.45) is 3.02. The molecule has 112 valence electrons. The minimum absolute atomic E-state index is 0.0293. The Labute approximate surface area is 131 Å². The first-order valence-electron chi connectivity index (χ1n) is 6.05. The molecule has 8 heteroatoms. The smallest absolute Gasteiger partial charge is 0.236 e. The van der Waals surface area contributed by atoms with E-state index in [1.807, 2.05) is 0 Å². The fourth-order valence-electron chi connectivity index (χ4n) is 1.55. The van der Waals surface area contributed by atoms with Gasteiger partial charge in [0, 0.05) is 24.1 Å². The number of hydrogen-bond acceptors (Lipinski definition) is 5. The van der Waals surface area contributed by atoms with Crippen molar-refractivity contribution in [2.75, 3.05) is 22.8 Å². The number of benzene rings is 1. The standard InChI is InChI=1S/C13H14BrN3O3S/c14-12-9-16-5-4-13(12)17-21(18,19)7-6-20-11-3-1-2-10(15)8-11/h1-5,8-9H,6-7,15H2,(H,16,17). The highest BCUT2D eigenvalue weighted by atomic mass is 79.9. The van der Waals surface area contributed by atoms with Gasteiger partial charge in [-0.15, -0.1) is 0 Å². The fraction of sp³-hybridized carbons (Fsp3) is 0.154. The molecule has 0 aliphatic carbocycles. The van der Waals surface area contributed by atoms with Crippen LogP contribution in [0.25, 0.3) is 0 Å². The molecule has 0 aliphatic heterocycles. The zero-order chi connectivity index (χ0) is 15.3. The van der Waals surface area contributed by atoms with E-state index < -0.39 is 10.0 Å². The zero-order valence-electron chi connectivity index (χ0n) is 11.0. The molecular formula is C13H14BrN3O3S. The summed E-state index contributed by atoms with van der Waals surface area (Å²) >= 11 is 3.23. The summed E-state index contributed by atoms with van der Waals surface area (Å²) in [4.78, 5) is 3.87. The Balaban J connectivity index is 1.91. The van der Waals surface area contributed by atoms with E-state index in [4.69, 9.17) is 10.5 Å². The monoisotopic (exact) mass is 371 g/mol. The number of anilines is 2. The van der Waals surface area contributed by atoms with Gasteiger partial charge in [0.15, 0.2) is 0 Å². The average molecular weight is 372 g/mol. The summed E-state index contributed by atoms with van der Waals surface area (Å²) in [5, 5.41) is 0. The number of nitrogens with two attached hydrogens (primary N) is 1. The van der Waals surface area contributed by atoms with Crippen LogP contribution in [0.3, 0.4) is 0 Å². The number of nitrogens with one attached hydrogen (secondary N) is 1. The average Bonchev–Trinajstić information content (AvgIpc) is 2.41. The summed E-state index contributed by atoms with van der Waals surface area (Å²) in [6.45, 7) is 0.0293. The summed E-state index contributed by atoms with van der Waals surface area (Å²) in [5.74, 6) is 0.367. The van der Waals surface area contributed by atoms with Gasteiger partial charge in [0.2, 0.25) is 10.0 Å². The van der Waals surface area contributed by atoms with Crippen molar-refractivity contribution in [3.63, 3.8) is 0 Å². The predicted molar refractivity (Wildman–Crippen MR) is 85.7 cm³/mol. The zero-order valence-corrected chi connectivity index (χ0v) is 13.4. The first-order chi connectivity index (χ1) is 9.96. The van der Waals surface area contributed by atoms with Crippen molar-refractivity contribution in [3.05, 3.63) is 47.2 Å². The Bertz CT molecular complexity index is 722. The molecule has 0 unspecified atom stereocenters. The minimum Gasteiger partial charge on any atom is -0.492 e. The van der Waals surface area contributed by atoms with Crippen LogP contribution in [-0.4, -0.2) is 25.8 Å². The van der Waals surface area contributed by atoms with Gasteiger partial charge in [-0.2, -0.15) is 0 Å². The Morgan fingerprint density at radius 2 is 2.14 bits per heavy atom. The lowest BCUT2D eigenvalue weighted by Crippen LogP contribution is -2.21. The van der Waals surface area contributed by atoms with Gasteiger partial charge in [-0.3, -0.25) is 9.71 Å². The van der Waals surface area contributed by atoms with Crippen LogP contribution in [0.15, 0.2) is 47.2 Å². The van der Waals surface area contributed by atoms with Crippen molar-refractivity contribution in [2.45, 2.75) is 0 Å². The maximum Gasteiger partial charge on any atom is 0.236 e. The van der Waals surface area contributed by atoms with E-state index >= 15 is 0 Å². The van der Waals surface area contributed by atoms with E-state index in [0.717, 1.165) is 0 Å². The predicted octanol–water partition coefficient (Wildman–Crippen LogP) is 2.25. The van der Waals surface area contributed by atoms with E-state index in [9.17, 15) is 8.42 Å². The molecule has 0 spiro atoms. The Hall–Kier alpha value is -1.80. The summed E-state index contributed by atoms with van der Waals surface area (Å²) in [5.41, 5.74) is 6.62. The molecule has 6 nitrogen and oxygen atoms in total. The van der Waals surface area contributed by atoms with Crippen molar-refractivity contribution >= 4 is 37.3 Å². The van der Waals surface area contributed by atoms with Gasteiger partial charge in [-0.25, -0.2) is 8.42 Å². The lowest BCUT2D eigenvalue weighted by Gasteiger charge is -2.10. The third-order valence-corrected chi connectivity index (χ3v) is 4.38. The molecule has 0 aliphatic rings. The van der Waals surface area contributed by atoms with Crippen LogP contribution in [-0.2, 0) is 10.0 Å². The van der Waals surface area contributed by atoms with Crippen molar-refractivity contribution in [1.29, 1.82) is 0 Å². The van der Waals surface area contributed by atoms with Crippen LogP contribution in [0, 0.1) is 0 Å². The molecule has 3 N–H and O–H groups in total. The Morgan fingerprint density at radius 3 is 2.86 bits per heavy atom. The third-order valence-electron chi connectivity index (χ3n) is 2.52. The van der Waals surface area contributed by atoms with Crippen LogP contribution < -0.4 is 15.2 Å². The van der Waals surface area contributed by atoms with E-state index in [1.165, 1.54) is 12.4 Å². The number of hydrogen-bond donors (Lipinski definition) is 2. The molecule has 0 amide bonds. The molecule has 0 bridgehead atoms. The van der Waals surface area contributed by atoms with Crippen molar-refractivity contribution < 1.29 is 13.2 Å². The summed E-state index contributed by atoms with van der Waals surface area (Å²) in [6, 6.07) is 8.40. The van der Waals surface area contributed by atoms with E-state index in [0.29, 0.717) is 21.6 Å². The molecule has 0 saturated heterocycles. The van der Waals surface area contributed by atoms with E-state index in [2.05, 4.69) is 25.6 Å². The first kappa shape index (κ1) is 15.6. The number of rotatable bonds is 6. The highest BCUT2D eigenvalue weighted by molar-refractivity contribution is 9.10. The molecule has 0 atom stereocenters. The van der Waals surface area contributed by atoms with Crippen LogP contribution in [0.2, 0.25) is 0 Å². The maximum atomic E-state index is 12.0. The highest BCUT2D eigenvalue weighted by Crippen LogP contribution is 2.21. The maximum absolute atomic E-state index is 12.0. The highest BCUT2D eigenvalue weighted by Gasteiger charge is 2.12. The summed E-state index contributed by atoms with van der Waals surface area (Å²) in [7, 11) is -3.50. The largest absolute Gasteiger partial charge is 0.492 e. The minimum atomic E-state index is -3.50. The van der Waals surface area contributed by atoms with Gasteiger partial charge in [0.1, 0.15) is 18.1 Å². The number of halogens is 1. The number of sulfonamides is 1. The van der Waals surface area contributed by atoms with Crippen molar-refractivity contribution in [2.24, 2.45) is 0 Å². The molecular weight excluding hydrogens is 358 g/mol. The molecule has 1 aromatic heterocycles. The third kappa shape index (κ3) is 4.91. The Morgan fingerprint density at radius 1 is 1.33 bits per heavy atom. The lowest BCUT2D eigenvalue weighted by atomic mass is 10.3. The molecule has 1 aromatic carbocycles. The molecule has 0 saturated carbocycles. The van der Waals surface area contributed by atoms with Crippen LogP contribution in [0.4, 0.5) is 11.4 Å². The van der Waals surface area contributed by atoms with Gasteiger partial charge in [-0.05, 0) is 34.1 Å². The van der Waals surface area contributed by atoms with Crippen LogP contribution in [0.5, 0.6) is 5.75 Å². The first-order valence-corrected chi connectivity index (χ1v) is 8.49. The van der Waals surface area contributed by atoms with Gasteiger partial charge in [-0.1, -0.05) is 6.07 Å². The van der Waals surface area contributed by atoms with Crippen LogP contribution >= 0.6 is 15.9 Å². The molecule has 0 fully saturated rings. The van der Waals surface area contributed by atoms with Crippen molar-refractivity contribution in [1.82, 2.24) is 4.98 Å². The summed E-state index contributed by atoms with van der Waals surface area (Å²) < 4.78 is 32.3. The van der Waals surface area contributed by atoms with Gasteiger partial charge >= 0.3 is 0 Å². The number of ether oxygens (including phenoxy) is 1. The quantitative estimate of drug-likeness (QED) is 0.759. The second-order valence-electron chi connectivity index (χ2n) is 4.20. The molecule has 21 heavy (non-hydrogen) atoms. The second kappa shape index (κ2) is 6.77. The Kier molecular flexibility index (Phi) is 5.03. The topological polar surface area (TPSA) is 94.3 Å². The fourth-order valence-corrected chi connectivity index (χ4v) is 2.95. The number of nitrogens with zero attached hydrogens (tertiary/aromatic N) is 1. The van der Waals surface area contributed by atoms with Gasteiger partial charge in [0.05, 0.1) is 10.2 Å². The second-order valence-corrected chi connectivity index (χ2v) is 6.89. The van der Waals surface area contributed by atoms with E-state index in [1.54, 1.807) is 30.3 Å². The normalized spacial score (nSPS) is 11.1. The van der Waals surface area contributed by atoms with Crippen molar-refractivity contribution in [3.8, 4) is 5.75 Å². The molecule has 2 rings (SSSR count). The molecule has 2 aromatic rings. The number of pyridine rings is 1. The molecule has 0 radical (unpaired) electrons. The van der Waals surface area contributed by atoms with Gasteiger partial charge < -0.3 is 10.5 Å². The SMILES string of the molecule is Nc1cccc(OCCS(=O)(=O)Nc2ccncc2Br)c1. The van der Waals surface area contributed by atoms with Gasteiger partial charge in [0.25, 0.3) is 0 Å². The number of aromatic nitrogens is 1. The number of nitrogen functional groups attached to an aromatic ring is 1. The lowest BCUT2D eigenvalue weighted by molar-refractivity contribution is 0.341.